The summed E-state index contributed by atoms with van der Waals surface area (Å²) in [5.74, 6) is 0. The fraction of sp³-hybridized carbons (Fsp3) is 0.417. The average molecular weight is 220 g/mol. The van der Waals surface area contributed by atoms with Crippen LogP contribution in [0.2, 0.25) is 0 Å². The highest BCUT2D eigenvalue weighted by Gasteiger charge is 2.25. The van der Waals surface area contributed by atoms with E-state index in [0.717, 1.165) is 17.7 Å². The largest absolute Gasteiger partial charge is 0.446 e. The van der Waals surface area contributed by atoms with Gasteiger partial charge in [0.25, 0.3) is 0 Å². The SMILES string of the molecule is CC1CCN(c2cccc(CN)c2)C(=O)O1. The van der Waals surface area contributed by atoms with Crippen molar-refractivity contribution in [3.05, 3.63) is 29.8 Å². The summed E-state index contributed by atoms with van der Waals surface area (Å²) in [6.07, 6.45) is 0.604. The van der Waals surface area contributed by atoms with Gasteiger partial charge >= 0.3 is 6.09 Å². The van der Waals surface area contributed by atoms with E-state index in [0.29, 0.717) is 13.1 Å². The molecule has 1 unspecified atom stereocenters. The van der Waals surface area contributed by atoms with Crippen molar-refractivity contribution in [2.24, 2.45) is 5.73 Å². The summed E-state index contributed by atoms with van der Waals surface area (Å²) in [6, 6.07) is 7.68. The summed E-state index contributed by atoms with van der Waals surface area (Å²) in [4.78, 5) is 13.3. The minimum absolute atomic E-state index is 0.0152. The van der Waals surface area contributed by atoms with Crippen molar-refractivity contribution in [1.29, 1.82) is 0 Å². The van der Waals surface area contributed by atoms with Crippen molar-refractivity contribution in [2.75, 3.05) is 11.4 Å². The first-order chi connectivity index (χ1) is 7.70. The fourth-order valence-electron chi connectivity index (χ4n) is 1.78. The van der Waals surface area contributed by atoms with Gasteiger partial charge in [-0.05, 0) is 24.6 Å². The average Bonchev–Trinajstić information content (AvgIpc) is 2.29. The van der Waals surface area contributed by atoms with Gasteiger partial charge in [0.05, 0.1) is 0 Å². The number of anilines is 1. The number of nitrogens with two attached hydrogens (primary N) is 1. The van der Waals surface area contributed by atoms with Crippen molar-refractivity contribution in [1.82, 2.24) is 0 Å². The fourth-order valence-corrected chi connectivity index (χ4v) is 1.78. The highest BCUT2D eigenvalue weighted by atomic mass is 16.6. The number of ether oxygens (including phenoxy) is 1. The van der Waals surface area contributed by atoms with Crippen LogP contribution in [0.15, 0.2) is 24.3 Å². The Morgan fingerprint density at radius 2 is 2.38 bits per heavy atom. The minimum Gasteiger partial charge on any atom is -0.446 e. The summed E-state index contributed by atoms with van der Waals surface area (Å²) in [5.41, 5.74) is 7.45. The Morgan fingerprint density at radius 3 is 3.06 bits per heavy atom. The van der Waals surface area contributed by atoms with E-state index >= 15 is 0 Å². The number of rotatable bonds is 2. The van der Waals surface area contributed by atoms with E-state index in [9.17, 15) is 4.79 Å². The molecule has 2 rings (SSSR count). The first-order valence-electron chi connectivity index (χ1n) is 5.48. The van der Waals surface area contributed by atoms with Crippen LogP contribution in [-0.4, -0.2) is 18.7 Å². The second-order valence-corrected chi connectivity index (χ2v) is 4.01. The molecule has 4 nitrogen and oxygen atoms in total. The van der Waals surface area contributed by atoms with Gasteiger partial charge in [-0.3, -0.25) is 4.90 Å². The van der Waals surface area contributed by atoms with E-state index in [-0.39, 0.29) is 12.2 Å². The molecule has 4 heteroatoms. The van der Waals surface area contributed by atoms with Crippen LogP contribution in [0, 0.1) is 0 Å². The lowest BCUT2D eigenvalue weighted by Gasteiger charge is -2.30. The molecule has 1 aromatic carbocycles. The molecule has 1 atom stereocenters. The van der Waals surface area contributed by atoms with Crippen LogP contribution in [0.25, 0.3) is 0 Å². The lowest BCUT2D eigenvalue weighted by Crippen LogP contribution is -2.41. The molecule has 1 amide bonds. The molecule has 1 aliphatic heterocycles. The number of carbonyl (C=O) groups excluding carboxylic acids is 1. The van der Waals surface area contributed by atoms with Crippen molar-refractivity contribution < 1.29 is 9.53 Å². The smallest absolute Gasteiger partial charge is 0.414 e. The third-order valence-electron chi connectivity index (χ3n) is 2.74. The Labute approximate surface area is 95.0 Å². The van der Waals surface area contributed by atoms with Crippen molar-refractivity contribution in [3.8, 4) is 0 Å². The molecule has 0 saturated carbocycles. The number of amides is 1. The van der Waals surface area contributed by atoms with E-state index in [1.54, 1.807) is 4.90 Å². The summed E-state index contributed by atoms with van der Waals surface area (Å²) in [6.45, 7) is 3.09. The molecule has 1 aromatic rings. The van der Waals surface area contributed by atoms with Crippen LogP contribution in [0.4, 0.5) is 10.5 Å². The van der Waals surface area contributed by atoms with Gasteiger partial charge in [0.2, 0.25) is 0 Å². The van der Waals surface area contributed by atoms with Crippen molar-refractivity contribution in [2.45, 2.75) is 26.0 Å². The van der Waals surface area contributed by atoms with Gasteiger partial charge in [-0.25, -0.2) is 4.79 Å². The minimum atomic E-state index is -0.270. The Balaban J connectivity index is 2.20. The standard InChI is InChI=1S/C12H16N2O2/c1-9-5-6-14(12(15)16-9)11-4-2-3-10(7-11)8-13/h2-4,7,9H,5-6,8,13H2,1H3. The third-order valence-corrected chi connectivity index (χ3v) is 2.74. The van der Waals surface area contributed by atoms with E-state index in [2.05, 4.69) is 0 Å². The highest BCUT2D eigenvalue weighted by molar-refractivity contribution is 5.88. The topological polar surface area (TPSA) is 55.6 Å². The lowest BCUT2D eigenvalue weighted by molar-refractivity contribution is 0.0944. The van der Waals surface area contributed by atoms with Crippen molar-refractivity contribution in [3.63, 3.8) is 0 Å². The number of carbonyl (C=O) groups is 1. The highest BCUT2D eigenvalue weighted by Crippen LogP contribution is 2.21. The van der Waals surface area contributed by atoms with Gasteiger partial charge in [0.15, 0.2) is 0 Å². The molecule has 86 valence electrons. The number of cyclic esters (lactones) is 1. The maximum Gasteiger partial charge on any atom is 0.414 e. The van der Waals surface area contributed by atoms with Crippen LogP contribution >= 0.6 is 0 Å². The molecule has 0 spiro atoms. The molecule has 0 radical (unpaired) electrons. The molecule has 0 aromatic heterocycles. The Bertz CT molecular complexity index is 392. The number of hydrogen-bond acceptors (Lipinski definition) is 3. The first-order valence-corrected chi connectivity index (χ1v) is 5.48. The monoisotopic (exact) mass is 220 g/mol. The van der Waals surface area contributed by atoms with E-state index < -0.39 is 0 Å². The maximum atomic E-state index is 11.7. The van der Waals surface area contributed by atoms with Gasteiger partial charge in [-0.2, -0.15) is 0 Å². The zero-order chi connectivity index (χ0) is 11.5. The molecule has 0 aliphatic carbocycles. The predicted octanol–water partition coefficient (Wildman–Crippen LogP) is 1.88. The Kier molecular flexibility index (Phi) is 3.10. The molecule has 1 aliphatic rings. The summed E-state index contributed by atoms with van der Waals surface area (Å²) in [7, 11) is 0. The first kappa shape index (κ1) is 11.0. The van der Waals surface area contributed by atoms with Crippen LogP contribution in [-0.2, 0) is 11.3 Å². The molecular formula is C12H16N2O2. The summed E-state index contributed by atoms with van der Waals surface area (Å²) in [5, 5.41) is 0. The molecule has 1 heterocycles. The van der Waals surface area contributed by atoms with Crippen LogP contribution in [0.5, 0.6) is 0 Å². The Morgan fingerprint density at radius 1 is 1.56 bits per heavy atom. The normalized spacial score (nSPS) is 20.8. The van der Waals surface area contributed by atoms with E-state index in [1.165, 1.54) is 0 Å². The number of hydrogen-bond donors (Lipinski definition) is 1. The number of nitrogens with zero attached hydrogens (tertiary/aromatic N) is 1. The quantitative estimate of drug-likeness (QED) is 0.828. The van der Waals surface area contributed by atoms with E-state index in [4.69, 9.17) is 10.5 Å². The van der Waals surface area contributed by atoms with Gasteiger partial charge in [-0.15, -0.1) is 0 Å². The van der Waals surface area contributed by atoms with Crippen LogP contribution in [0.3, 0.4) is 0 Å². The van der Waals surface area contributed by atoms with Gasteiger partial charge in [-0.1, -0.05) is 12.1 Å². The zero-order valence-electron chi connectivity index (χ0n) is 9.35. The van der Waals surface area contributed by atoms with Crippen molar-refractivity contribution >= 4 is 11.8 Å². The van der Waals surface area contributed by atoms with Crippen LogP contribution < -0.4 is 10.6 Å². The predicted molar refractivity (Wildman–Crippen MR) is 62.2 cm³/mol. The summed E-state index contributed by atoms with van der Waals surface area (Å²) >= 11 is 0. The molecule has 2 N–H and O–H groups in total. The number of benzene rings is 1. The van der Waals surface area contributed by atoms with E-state index in [1.807, 2.05) is 31.2 Å². The molecule has 0 bridgehead atoms. The third kappa shape index (κ3) is 2.17. The zero-order valence-corrected chi connectivity index (χ0v) is 9.35. The summed E-state index contributed by atoms with van der Waals surface area (Å²) < 4.78 is 5.18. The van der Waals surface area contributed by atoms with Gasteiger partial charge < -0.3 is 10.5 Å². The molecule has 1 saturated heterocycles. The maximum absolute atomic E-state index is 11.7. The molecule has 16 heavy (non-hydrogen) atoms. The Hall–Kier alpha value is -1.55. The van der Waals surface area contributed by atoms with Gasteiger partial charge in [0, 0.05) is 25.2 Å². The van der Waals surface area contributed by atoms with Gasteiger partial charge in [0.1, 0.15) is 6.10 Å². The second kappa shape index (κ2) is 4.53. The molecule has 1 fully saturated rings. The lowest BCUT2D eigenvalue weighted by atomic mass is 10.1. The van der Waals surface area contributed by atoms with Crippen LogP contribution in [0.1, 0.15) is 18.9 Å². The second-order valence-electron chi connectivity index (χ2n) is 4.01. The molecular weight excluding hydrogens is 204 g/mol.